The van der Waals surface area contributed by atoms with Crippen molar-refractivity contribution in [2.24, 2.45) is 0 Å². The first-order valence-electron chi connectivity index (χ1n) is 5.80. The van der Waals surface area contributed by atoms with E-state index in [9.17, 15) is 8.42 Å². The predicted octanol–water partition coefficient (Wildman–Crippen LogP) is 1.98. The van der Waals surface area contributed by atoms with Crippen LogP contribution in [0.1, 0.15) is 6.42 Å². The Labute approximate surface area is 107 Å². The molecule has 96 valence electrons. The summed E-state index contributed by atoms with van der Waals surface area (Å²) in [6.07, 6.45) is 5.59. The zero-order chi connectivity index (χ0) is 13.0. The first-order valence-corrected chi connectivity index (χ1v) is 7.86. The third kappa shape index (κ3) is 3.70. The first kappa shape index (κ1) is 12.8. The molecule has 0 aliphatic carbocycles. The lowest BCUT2D eigenvalue weighted by molar-refractivity contribution is 0.576. The number of hydrogen-bond donors (Lipinski definition) is 0. The van der Waals surface area contributed by atoms with Crippen LogP contribution in [0.4, 0.5) is 0 Å². The fourth-order valence-corrected chi connectivity index (χ4v) is 2.41. The SMILES string of the molecule is CS(=O)(=O)CCCn1cc(-c2ccccc2)cn1. The Morgan fingerprint density at radius 1 is 1.17 bits per heavy atom. The summed E-state index contributed by atoms with van der Waals surface area (Å²) in [7, 11) is -2.88. The van der Waals surface area contributed by atoms with E-state index in [-0.39, 0.29) is 5.75 Å². The highest BCUT2D eigenvalue weighted by Gasteiger charge is 2.04. The molecular formula is C13H16N2O2S. The highest BCUT2D eigenvalue weighted by atomic mass is 32.2. The van der Waals surface area contributed by atoms with Crippen molar-refractivity contribution in [3.05, 3.63) is 42.7 Å². The molecule has 1 aromatic heterocycles. The van der Waals surface area contributed by atoms with Gasteiger partial charge in [0.2, 0.25) is 0 Å². The van der Waals surface area contributed by atoms with E-state index >= 15 is 0 Å². The normalized spacial score (nSPS) is 11.6. The van der Waals surface area contributed by atoms with Gasteiger partial charge in [-0.2, -0.15) is 5.10 Å². The van der Waals surface area contributed by atoms with Gasteiger partial charge in [0, 0.05) is 24.6 Å². The second-order valence-corrected chi connectivity index (χ2v) is 6.60. The van der Waals surface area contributed by atoms with E-state index in [1.807, 2.05) is 36.5 Å². The van der Waals surface area contributed by atoms with Gasteiger partial charge >= 0.3 is 0 Å². The lowest BCUT2D eigenvalue weighted by atomic mass is 10.1. The molecule has 5 heteroatoms. The minimum Gasteiger partial charge on any atom is -0.272 e. The maximum Gasteiger partial charge on any atom is 0.147 e. The zero-order valence-electron chi connectivity index (χ0n) is 10.3. The summed E-state index contributed by atoms with van der Waals surface area (Å²) in [5.74, 6) is 0.202. The molecule has 0 saturated carbocycles. The van der Waals surface area contributed by atoms with Gasteiger partial charge in [0.25, 0.3) is 0 Å². The van der Waals surface area contributed by atoms with Crippen LogP contribution in [0.25, 0.3) is 11.1 Å². The van der Waals surface area contributed by atoms with Gasteiger partial charge in [-0.3, -0.25) is 4.68 Å². The van der Waals surface area contributed by atoms with Gasteiger partial charge in [0.05, 0.1) is 11.9 Å². The number of benzene rings is 1. The number of aryl methyl sites for hydroxylation is 1. The van der Waals surface area contributed by atoms with Gasteiger partial charge in [-0.1, -0.05) is 30.3 Å². The Balaban J connectivity index is 1.99. The van der Waals surface area contributed by atoms with Crippen molar-refractivity contribution in [1.82, 2.24) is 9.78 Å². The van der Waals surface area contributed by atoms with Crippen LogP contribution in [0, 0.1) is 0 Å². The summed E-state index contributed by atoms with van der Waals surface area (Å²) >= 11 is 0. The molecule has 1 aromatic carbocycles. The van der Waals surface area contributed by atoms with Crippen LogP contribution in [-0.2, 0) is 16.4 Å². The van der Waals surface area contributed by atoms with Gasteiger partial charge in [0.1, 0.15) is 9.84 Å². The Kier molecular flexibility index (Phi) is 3.81. The summed E-state index contributed by atoms with van der Waals surface area (Å²) in [6, 6.07) is 9.99. The molecule has 0 spiro atoms. The smallest absolute Gasteiger partial charge is 0.147 e. The van der Waals surface area contributed by atoms with Gasteiger partial charge in [-0.15, -0.1) is 0 Å². The van der Waals surface area contributed by atoms with Crippen LogP contribution in [0.5, 0.6) is 0 Å². The van der Waals surface area contributed by atoms with Crippen LogP contribution in [-0.4, -0.2) is 30.2 Å². The topological polar surface area (TPSA) is 52.0 Å². The van der Waals surface area contributed by atoms with E-state index in [0.717, 1.165) is 11.1 Å². The zero-order valence-corrected chi connectivity index (χ0v) is 11.1. The van der Waals surface area contributed by atoms with Crippen LogP contribution in [0.15, 0.2) is 42.7 Å². The number of nitrogens with zero attached hydrogens (tertiary/aromatic N) is 2. The molecule has 0 amide bonds. The highest BCUT2D eigenvalue weighted by molar-refractivity contribution is 7.90. The Morgan fingerprint density at radius 3 is 2.56 bits per heavy atom. The Bertz CT molecular complexity index is 603. The van der Waals surface area contributed by atoms with Crippen molar-refractivity contribution in [3.8, 4) is 11.1 Å². The molecule has 2 aromatic rings. The van der Waals surface area contributed by atoms with Crippen molar-refractivity contribution in [2.45, 2.75) is 13.0 Å². The van der Waals surface area contributed by atoms with Crippen LogP contribution in [0.3, 0.4) is 0 Å². The van der Waals surface area contributed by atoms with Crippen molar-refractivity contribution in [2.75, 3.05) is 12.0 Å². The average Bonchev–Trinajstić information content (AvgIpc) is 2.77. The quantitative estimate of drug-likeness (QED) is 0.829. The lowest BCUT2D eigenvalue weighted by Crippen LogP contribution is -2.07. The molecule has 0 aliphatic rings. The molecule has 0 N–H and O–H groups in total. The van der Waals surface area contributed by atoms with E-state index in [4.69, 9.17) is 0 Å². The third-order valence-corrected chi connectivity index (χ3v) is 3.67. The fraction of sp³-hybridized carbons (Fsp3) is 0.308. The number of rotatable bonds is 5. The predicted molar refractivity (Wildman–Crippen MR) is 72.0 cm³/mol. The van der Waals surface area contributed by atoms with Crippen LogP contribution >= 0.6 is 0 Å². The molecule has 2 rings (SSSR count). The highest BCUT2D eigenvalue weighted by Crippen LogP contribution is 2.17. The molecule has 0 saturated heterocycles. The number of sulfone groups is 1. The van der Waals surface area contributed by atoms with Gasteiger partial charge in [0.15, 0.2) is 0 Å². The number of hydrogen-bond acceptors (Lipinski definition) is 3. The molecule has 0 unspecified atom stereocenters. The van der Waals surface area contributed by atoms with Crippen molar-refractivity contribution in [1.29, 1.82) is 0 Å². The van der Waals surface area contributed by atoms with Crippen LogP contribution in [0.2, 0.25) is 0 Å². The van der Waals surface area contributed by atoms with Gasteiger partial charge < -0.3 is 0 Å². The molecule has 0 radical (unpaired) electrons. The minimum absolute atomic E-state index is 0.202. The standard InChI is InChI=1S/C13H16N2O2S/c1-18(16,17)9-5-8-15-11-13(10-14-15)12-6-3-2-4-7-12/h2-4,6-7,10-11H,5,8-9H2,1H3. The van der Waals surface area contributed by atoms with E-state index < -0.39 is 9.84 Å². The van der Waals surface area contributed by atoms with Crippen LogP contribution < -0.4 is 0 Å². The summed E-state index contributed by atoms with van der Waals surface area (Å²) < 4.78 is 23.8. The molecule has 0 fully saturated rings. The second kappa shape index (κ2) is 5.35. The molecular weight excluding hydrogens is 248 g/mol. The van der Waals surface area contributed by atoms with Crippen molar-refractivity contribution in [3.63, 3.8) is 0 Å². The average molecular weight is 264 g/mol. The van der Waals surface area contributed by atoms with Gasteiger partial charge in [-0.05, 0) is 12.0 Å². The molecule has 4 nitrogen and oxygen atoms in total. The van der Waals surface area contributed by atoms with E-state index in [0.29, 0.717) is 13.0 Å². The lowest BCUT2D eigenvalue weighted by Gasteiger charge is -2.00. The third-order valence-electron chi connectivity index (χ3n) is 2.64. The van der Waals surface area contributed by atoms with Gasteiger partial charge in [-0.25, -0.2) is 8.42 Å². The Hall–Kier alpha value is -1.62. The maximum atomic E-state index is 11.0. The first-order chi connectivity index (χ1) is 8.54. The largest absolute Gasteiger partial charge is 0.272 e. The Morgan fingerprint density at radius 2 is 1.89 bits per heavy atom. The van der Waals surface area contributed by atoms with E-state index in [1.54, 1.807) is 10.9 Å². The summed E-state index contributed by atoms with van der Waals surface area (Å²) in [5.41, 5.74) is 2.17. The van der Waals surface area contributed by atoms with E-state index in [1.165, 1.54) is 6.26 Å². The summed E-state index contributed by atoms with van der Waals surface area (Å²) in [5, 5.41) is 4.23. The van der Waals surface area contributed by atoms with Crippen molar-refractivity contribution < 1.29 is 8.42 Å². The van der Waals surface area contributed by atoms with E-state index in [2.05, 4.69) is 5.10 Å². The maximum absolute atomic E-state index is 11.0. The molecule has 0 atom stereocenters. The monoisotopic (exact) mass is 264 g/mol. The second-order valence-electron chi connectivity index (χ2n) is 4.34. The summed E-state index contributed by atoms with van der Waals surface area (Å²) in [4.78, 5) is 0. The number of aromatic nitrogens is 2. The minimum atomic E-state index is -2.88. The molecule has 0 bridgehead atoms. The fourth-order valence-electron chi connectivity index (χ4n) is 1.75. The van der Waals surface area contributed by atoms with Crippen molar-refractivity contribution >= 4 is 9.84 Å². The molecule has 0 aliphatic heterocycles. The molecule has 18 heavy (non-hydrogen) atoms. The molecule has 1 heterocycles. The summed E-state index contributed by atoms with van der Waals surface area (Å²) in [6.45, 7) is 0.625.